The van der Waals surface area contributed by atoms with Gasteiger partial charge in [-0.3, -0.25) is 9.97 Å². The van der Waals surface area contributed by atoms with Crippen LogP contribution in [0.15, 0.2) is 24.3 Å². The summed E-state index contributed by atoms with van der Waals surface area (Å²) in [5, 5.41) is 0. The van der Waals surface area contributed by atoms with Crippen molar-refractivity contribution in [1.29, 1.82) is 0 Å². The van der Waals surface area contributed by atoms with Crippen LogP contribution in [0.4, 0.5) is 0 Å². The lowest BCUT2D eigenvalue weighted by molar-refractivity contribution is 0.561. The first-order chi connectivity index (χ1) is 10.9. The number of rotatable bonds is 0. The highest BCUT2D eigenvalue weighted by Crippen LogP contribution is 2.46. The molecule has 2 aromatic rings. The first-order valence-corrected chi connectivity index (χ1v) is 9.40. The van der Waals surface area contributed by atoms with Crippen molar-refractivity contribution in [3.63, 3.8) is 0 Å². The lowest BCUT2D eigenvalue weighted by atomic mass is 9.81. The van der Waals surface area contributed by atoms with Crippen LogP contribution in [0.1, 0.15) is 71.0 Å². The van der Waals surface area contributed by atoms with Crippen LogP contribution in [0.2, 0.25) is 0 Å². The van der Waals surface area contributed by atoms with Gasteiger partial charge in [-0.15, -0.1) is 0 Å². The number of aromatic nitrogens is 2. The van der Waals surface area contributed by atoms with Crippen molar-refractivity contribution >= 4 is 15.9 Å². The zero-order valence-corrected chi connectivity index (χ0v) is 17.4. The van der Waals surface area contributed by atoms with Gasteiger partial charge in [0.1, 0.15) is 0 Å². The molecule has 3 heteroatoms. The van der Waals surface area contributed by atoms with Crippen LogP contribution in [0.5, 0.6) is 0 Å². The fraction of sp³-hybridized carbons (Fsp3) is 0.524. The molecule has 1 aliphatic carbocycles. The molecule has 1 aliphatic rings. The molecule has 0 spiro atoms. The molecule has 128 valence electrons. The first-order valence-electron chi connectivity index (χ1n) is 8.61. The molecule has 0 unspecified atom stereocenters. The molecule has 0 saturated heterocycles. The standard InChI is InChI=1S/C21H27BrN2/c1-19(2,3)15-10-8-13-12-21(7,22)14-9-11-16(20(4,5)6)24-18(14)17(13)23-15/h8-11H,12H2,1-7H3/t21-/m1/s1. The van der Waals surface area contributed by atoms with Gasteiger partial charge >= 0.3 is 0 Å². The molecule has 0 amide bonds. The Labute approximate surface area is 154 Å². The average molecular weight is 387 g/mol. The Morgan fingerprint density at radius 2 is 1.33 bits per heavy atom. The van der Waals surface area contributed by atoms with Crippen LogP contribution >= 0.6 is 15.9 Å². The van der Waals surface area contributed by atoms with E-state index in [9.17, 15) is 0 Å². The number of hydrogen-bond acceptors (Lipinski definition) is 2. The van der Waals surface area contributed by atoms with E-state index < -0.39 is 0 Å². The van der Waals surface area contributed by atoms with Crippen molar-refractivity contribution in [2.75, 3.05) is 0 Å². The molecule has 2 heterocycles. The van der Waals surface area contributed by atoms with E-state index in [2.05, 4.69) is 88.7 Å². The van der Waals surface area contributed by atoms with Crippen LogP contribution in [0.25, 0.3) is 11.4 Å². The van der Waals surface area contributed by atoms with Gasteiger partial charge < -0.3 is 0 Å². The lowest BCUT2D eigenvalue weighted by Crippen LogP contribution is -2.26. The van der Waals surface area contributed by atoms with Crippen LogP contribution in [-0.2, 0) is 21.6 Å². The minimum absolute atomic E-state index is 0.0248. The van der Waals surface area contributed by atoms with E-state index in [0.29, 0.717) is 0 Å². The monoisotopic (exact) mass is 386 g/mol. The van der Waals surface area contributed by atoms with E-state index >= 15 is 0 Å². The van der Waals surface area contributed by atoms with Gasteiger partial charge in [0.2, 0.25) is 0 Å². The highest BCUT2D eigenvalue weighted by atomic mass is 79.9. The SMILES string of the molecule is CC(C)(C)c1ccc2c(n1)-c1nc(C(C)(C)C)ccc1[C@](C)(Br)C2. The Bertz CT molecular complexity index is 792. The Hall–Kier alpha value is -1.22. The van der Waals surface area contributed by atoms with Gasteiger partial charge in [0.25, 0.3) is 0 Å². The molecule has 2 aromatic heterocycles. The molecule has 1 atom stereocenters. The fourth-order valence-corrected chi connectivity index (χ4v) is 3.81. The first kappa shape index (κ1) is 17.6. The summed E-state index contributed by atoms with van der Waals surface area (Å²) in [7, 11) is 0. The van der Waals surface area contributed by atoms with Gasteiger partial charge in [-0.05, 0) is 36.6 Å². The molecular formula is C21H27BrN2. The van der Waals surface area contributed by atoms with Crippen molar-refractivity contribution in [2.45, 2.75) is 70.0 Å². The van der Waals surface area contributed by atoms with Gasteiger partial charge in [-0.25, -0.2) is 0 Å². The Balaban J connectivity index is 2.27. The normalized spacial score (nSPS) is 20.5. The molecular weight excluding hydrogens is 360 g/mol. The molecule has 0 aliphatic heterocycles. The third-order valence-corrected chi connectivity index (χ3v) is 5.43. The highest BCUT2D eigenvalue weighted by molar-refractivity contribution is 9.09. The Kier molecular flexibility index (Phi) is 3.95. The van der Waals surface area contributed by atoms with Crippen LogP contribution in [0, 0.1) is 0 Å². The fourth-order valence-electron chi connectivity index (χ4n) is 3.18. The second-order valence-electron chi connectivity index (χ2n) is 9.17. The Morgan fingerprint density at radius 1 is 0.833 bits per heavy atom. The van der Waals surface area contributed by atoms with Gasteiger partial charge in [0, 0.05) is 22.2 Å². The number of nitrogens with zero attached hydrogens (tertiary/aromatic N) is 2. The van der Waals surface area contributed by atoms with E-state index in [1.165, 1.54) is 11.1 Å². The average Bonchev–Trinajstić information content (AvgIpc) is 2.44. The molecule has 0 fully saturated rings. The van der Waals surface area contributed by atoms with E-state index in [4.69, 9.17) is 9.97 Å². The van der Waals surface area contributed by atoms with Gasteiger partial charge in [-0.1, -0.05) is 69.6 Å². The molecule has 0 saturated carbocycles. The van der Waals surface area contributed by atoms with Gasteiger partial charge in [-0.2, -0.15) is 0 Å². The third kappa shape index (κ3) is 3.03. The number of hydrogen-bond donors (Lipinski definition) is 0. The molecule has 0 bridgehead atoms. The maximum atomic E-state index is 5.05. The number of pyridine rings is 2. The summed E-state index contributed by atoms with van der Waals surface area (Å²) in [5.74, 6) is 0. The van der Waals surface area contributed by atoms with E-state index in [0.717, 1.165) is 29.2 Å². The van der Waals surface area contributed by atoms with Gasteiger partial charge in [0.15, 0.2) is 0 Å². The quantitative estimate of drug-likeness (QED) is 0.526. The predicted octanol–water partition coefficient (Wildman–Crippen LogP) is 5.90. The summed E-state index contributed by atoms with van der Waals surface area (Å²) < 4.78 is -0.0936. The lowest BCUT2D eigenvalue weighted by Gasteiger charge is -2.33. The molecule has 2 nitrogen and oxygen atoms in total. The second-order valence-corrected chi connectivity index (χ2v) is 10.9. The van der Waals surface area contributed by atoms with Crippen LogP contribution < -0.4 is 0 Å². The summed E-state index contributed by atoms with van der Waals surface area (Å²) in [4.78, 5) is 10.1. The molecule has 0 radical (unpaired) electrons. The number of fused-ring (bicyclic) bond motifs is 3. The minimum Gasteiger partial charge on any atom is -0.250 e. The zero-order valence-electron chi connectivity index (χ0n) is 15.8. The zero-order chi connectivity index (χ0) is 17.9. The Morgan fingerprint density at radius 3 is 1.88 bits per heavy atom. The number of alkyl halides is 1. The minimum atomic E-state index is -0.0936. The second kappa shape index (κ2) is 5.39. The van der Waals surface area contributed by atoms with Crippen molar-refractivity contribution < 1.29 is 0 Å². The molecule has 0 aromatic carbocycles. The summed E-state index contributed by atoms with van der Waals surface area (Å²) in [6.45, 7) is 15.5. The summed E-state index contributed by atoms with van der Waals surface area (Å²) >= 11 is 3.93. The van der Waals surface area contributed by atoms with E-state index in [1.807, 2.05) is 0 Å². The molecule has 24 heavy (non-hydrogen) atoms. The summed E-state index contributed by atoms with van der Waals surface area (Å²) in [6.07, 6.45) is 0.934. The van der Waals surface area contributed by atoms with Gasteiger partial charge in [0.05, 0.1) is 15.7 Å². The van der Waals surface area contributed by atoms with E-state index in [1.54, 1.807) is 0 Å². The van der Waals surface area contributed by atoms with Crippen molar-refractivity contribution in [1.82, 2.24) is 9.97 Å². The topological polar surface area (TPSA) is 25.8 Å². The van der Waals surface area contributed by atoms with Crippen molar-refractivity contribution in [3.05, 3.63) is 46.8 Å². The summed E-state index contributed by atoms with van der Waals surface area (Å²) in [6, 6.07) is 8.79. The van der Waals surface area contributed by atoms with E-state index in [-0.39, 0.29) is 15.2 Å². The molecule has 3 rings (SSSR count). The smallest absolute Gasteiger partial charge is 0.0938 e. The van der Waals surface area contributed by atoms with Crippen molar-refractivity contribution in [3.8, 4) is 11.4 Å². The largest absolute Gasteiger partial charge is 0.250 e. The predicted molar refractivity (Wildman–Crippen MR) is 105 cm³/mol. The highest BCUT2D eigenvalue weighted by Gasteiger charge is 2.36. The van der Waals surface area contributed by atoms with Crippen LogP contribution in [-0.4, -0.2) is 9.97 Å². The maximum Gasteiger partial charge on any atom is 0.0938 e. The summed E-state index contributed by atoms with van der Waals surface area (Å²) in [5.41, 5.74) is 6.89. The maximum absolute atomic E-state index is 5.05. The van der Waals surface area contributed by atoms with Crippen LogP contribution in [0.3, 0.4) is 0 Å². The molecule has 0 N–H and O–H groups in total. The van der Waals surface area contributed by atoms with Crippen molar-refractivity contribution in [2.24, 2.45) is 0 Å². The number of halogens is 1. The third-order valence-electron chi connectivity index (χ3n) is 4.72.